The molecule has 0 unspecified atom stereocenters. The molecule has 1 aliphatic rings. The molecule has 0 spiro atoms. The minimum absolute atomic E-state index is 0.0508. The Morgan fingerprint density at radius 1 is 1.11 bits per heavy atom. The van der Waals surface area contributed by atoms with Crippen LogP contribution in [0, 0.1) is 0 Å². The van der Waals surface area contributed by atoms with E-state index in [1.165, 1.54) is 12.1 Å². The highest BCUT2D eigenvalue weighted by Gasteiger charge is 2.30. The highest BCUT2D eigenvalue weighted by molar-refractivity contribution is 5.59. The Balaban J connectivity index is 1.53. The number of nitrogens with zero attached hydrogens (tertiary/aromatic N) is 3. The number of aromatic amines is 1. The lowest BCUT2D eigenvalue weighted by molar-refractivity contribution is -0.137. The minimum atomic E-state index is -4.34. The molecule has 1 N–H and O–H groups in total. The fourth-order valence-corrected chi connectivity index (χ4v) is 3.29. The van der Waals surface area contributed by atoms with Crippen LogP contribution in [0.2, 0.25) is 0 Å². The minimum Gasteiger partial charge on any atom is -0.378 e. The average Bonchev–Trinajstić information content (AvgIpc) is 3.19. The lowest BCUT2D eigenvalue weighted by Crippen LogP contribution is -2.39. The van der Waals surface area contributed by atoms with E-state index < -0.39 is 11.7 Å². The highest BCUT2D eigenvalue weighted by atomic mass is 19.4. The fourth-order valence-electron chi connectivity index (χ4n) is 3.29. The van der Waals surface area contributed by atoms with Gasteiger partial charge in [0.25, 0.3) is 0 Å². The smallest absolute Gasteiger partial charge is 0.378 e. The summed E-state index contributed by atoms with van der Waals surface area (Å²) in [6.45, 7) is 2.66. The molecule has 0 saturated carbocycles. The molecule has 4 rings (SSSR count). The van der Waals surface area contributed by atoms with Crippen molar-refractivity contribution in [2.24, 2.45) is 0 Å². The highest BCUT2D eigenvalue weighted by Crippen LogP contribution is 2.31. The summed E-state index contributed by atoms with van der Waals surface area (Å²) in [5.41, 5.74) is 1.82. The zero-order valence-corrected chi connectivity index (χ0v) is 15.0. The molecule has 1 aliphatic heterocycles. The average molecular weight is 388 g/mol. The molecule has 5 nitrogen and oxygen atoms in total. The first-order chi connectivity index (χ1) is 13.5. The van der Waals surface area contributed by atoms with Gasteiger partial charge in [0.05, 0.1) is 36.7 Å². The first-order valence-electron chi connectivity index (χ1n) is 8.94. The number of H-pyrrole nitrogens is 1. The van der Waals surface area contributed by atoms with Crippen molar-refractivity contribution in [3.05, 3.63) is 71.9 Å². The van der Waals surface area contributed by atoms with Crippen molar-refractivity contribution < 1.29 is 17.9 Å². The molecular weight excluding hydrogens is 369 g/mol. The van der Waals surface area contributed by atoms with Gasteiger partial charge >= 0.3 is 6.18 Å². The summed E-state index contributed by atoms with van der Waals surface area (Å²) in [6.07, 6.45) is 0.836. The second-order valence-corrected chi connectivity index (χ2v) is 6.67. The lowest BCUT2D eigenvalue weighted by Gasteiger charge is -2.34. The summed E-state index contributed by atoms with van der Waals surface area (Å²) in [7, 11) is 0. The van der Waals surface area contributed by atoms with Crippen molar-refractivity contribution in [1.29, 1.82) is 0 Å². The molecule has 8 heteroatoms. The maximum Gasteiger partial charge on any atom is 0.416 e. The Kier molecular flexibility index (Phi) is 5.15. The van der Waals surface area contributed by atoms with Gasteiger partial charge in [-0.05, 0) is 35.4 Å². The van der Waals surface area contributed by atoms with E-state index in [1.807, 2.05) is 12.1 Å². The Labute approximate surface area is 160 Å². The third-order valence-electron chi connectivity index (χ3n) is 4.81. The maximum absolute atomic E-state index is 12.7. The molecule has 1 fully saturated rings. The molecule has 1 atom stereocenters. The monoisotopic (exact) mass is 388 g/mol. The SMILES string of the molecule is FC(F)(F)c1ccc(-c2cnc([C@@H]3COCCN3Cc3ccncc3)[nH]2)cc1. The Hall–Kier alpha value is -2.71. The Morgan fingerprint density at radius 2 is 1.86 bits per heavy atom. The topological polar surface area (TPSA) is 54.0 Å². The van der Waals surface area contributed by atoms with Crippen LogP contribution in [0.5, 0.6) is 0 Å². The molecule has 1 saturated heterocycles. The molecule has 3 heterocycles. The second kappa shape index (κ2) is 7.73. The Bertz CT molecular complexity index is 909. The largest absolute Gasteiger partial charge is 0.416 e. The number of hydrogen-bond donors (Lipinski definition) is 1. The van der Waals surface area contributed by atoms with E-state index in [0.29, 0.717) is 24.5 Å². The van der Waals surface area contributed by atoms with Crippen LogP contribution in [0.4, 0.5) is 13.2 Å². The summed E-state index contributed by atoms with van der Waals surface area (Å²) >= 11 is 0. The van der Waals surface area contributed by atoms with Crippen LogP contribution in [0.3, 0.4) is 0 Å². The van der Waals surface area contributed by atoms with Gasteiger partial charge in [0.15, 0.2) is 0 Å². The van der Waals surface area contributed by atoms with Gasteiger partial charge in [-0.2, -0.15) is 13.2 Å². The van der Waals surface area contributed by atoms with E-state index in [4.69, 9.17) is 4.74 Å². The van der Waals surface area contributed by atoms with Gasteiger partial charge in [-0.25, -0.2) is 4.98 Å². The zero-order valence-electron chi connectivity index (χ0n) is 15.0. The number of nitrogens with one attached hydrogen (secondary N) is 1. The number of ether oxygens (including phenoxy) is 1. The first kappa shape index (κ1) is 18.6. The maximum atomic E-state index is 12.7. The predicted molar refractivity (Wildman–Crippen MR) is 97.2 cm³/mol. The number of benzene rings is 1. The number of pyridine rings is 1. The zero-order chi connectivity index (χ0) is 19.6. The van der Waals surface area contributed by atoms with Crippen LogP contribution in [0.25, 0.3) is 11.3 Å². The molecular formula is C20H19F3N4O. The summed E-state index contributed by atoms with van der Waals surface area (Å²) < 4.78 is 43.9. The quantitative estimate of drug-likeness (QED) is 0.732. The van der Waals surface area contributed by atoms with Crippen LogP contribution in [0.1, 0.15) is 23.0 Å². The van der Waals surface area contributed by atoms with Gasteiger partial charge in [-0.1, -0.05) is 12.1 Å². The van der Waals surface area contributed by atoms with Crippen molar-refractivity contribution in [2.45, 2.75) is 18.8 Å². The fraction of sp³-hybridized carbons (Fsp3) is 0.300. The van der Waals surface area contributed by atoms with E-state index >= 15 is 0 Å². The third-order valence-corrected chi connectivity index (χ3v) is 4.81. The number of aromatic nitrogens is 3. The third kappa shape index (κ3) is 4.07. The van der Waals surface area contributed by atoms with E-state index in [0.717, 1.165) is 36.6 Å². The van der Waals surface area contributed by atoms with Crippen molar-refractivity contribution >= 4 is 0 Å². The van der Waals surface area contributed by atoms with Gasteiger partial charge in [-0.3, -0.25) is 9.88 Å². The van der Waals surface area contributed by atoms with Crippen molar-refractivity contribution in [1.82, 2.24) is 19.9 Å². The summed E-state index contributed by atoms with van der Waals surface area (Å²) in [5, 5.41) is 0. The number of halogens is 3. The molecule has 28 heavy (non-hydrogen) atoms. The van der Waals surface area contributed by atoms with Gasteiger partial charge in [0.1, 0.15) is 5.82 Å². The number of imidazole rings is 1. The van der Waals surface area contributed by atoms with E-state index in [-0.39, 0.29) is 6.04 Å². The molecule has 1 aromatic carbocycles. The van der Waals surface area contributed by atoms with Gasteiger partial charge in [0.2, 0.25) is 0 Å². The van der Waals surface area contributed by atoms with Crippen LogP contribution in [-0.2, 0) is 17.5 Å². The lowest BCUT2D eigenvalue weighted by atomic mass is 10.1. The van der Waals surface area contributed by atoms with Gasteiger partial charge in [-0.15, -0.1) is 0 Å². The number of alkyl halides is 3. The molecule has 0 bridgehead atoms. The van der Waals surface area contributed by atoms with Gasteiger partial charge < -0.3 is 9.72 Å². The van der Waals surface area contributed by atoms with Gasteiger partial charge in [0, 0.05) is 25.5 Å². The molecule has 0 aliphatic carbocycles. The molecule has 2 aromatic heterocycles. The van der Waals surface area contributed by atoms with Crippen molar-refractivity contribution in [2.75, 3.05) is 19.8 Å². The molecule has 0 amide bonds. The van der Waals surface area contributed by atoms with Crippen LogP contribution < -0.4 is 0 Å². The van der Waals surface area contributed by atoms with E-state index in [9.17, 15) is 13.2 Å². The summed E-state index contributed by atoms with van der Waals surface area (Å²) in [5.74, 6) is 0.739. The van der Waals surface area contributed by atoms with Crippen LogP contribution >= 0.6 is 0 Å². The van der Waals surface area contributed by atoms with E-state index in [2.05, 4.69) is 19.9 Å². The number of morpholine rings is 1. The number of hydrogen-bond acceptors (Lipinski definition) is 4. The summed E-state index contributed by atoms with van der Waals surface area (Å²) in [4.78, 5) is 14.0. The van der Waals surface area contributed by atoms with Crippen LogP contribution in [0.15, 0.2) is 55.0 Å². The standard InChI is InChI=1S/C20H19F3N4O/c21-20(22,23)16-3-1-15(2-4-16)17-11-25-19(26-17)18-13-28-10-9-27(18)12-14-5-7-24-8-6-14/h1-8,11,18H,9-10,12-13H2,(H,25,26)/t18-/m0/s1. The molecule has 0 radical (unpaired) electrons. The first-order valence-corrected chi connectivity index (χ1v) is 8.94. The molecule has 3 aromatic rings. The second-order valence-electron chi connectivity index (χ2n) is 6.67. The van der Waals surface area contributed by atoms with Crippen molar-refractivity contribution in [3.8, 4) is 11.3 Å². The number of rotatable bonds is 4. The molecule has 146 valence electrons. The predicted octanol–water partition coefficient (Wildman–Crippen LogP) is 4.06. The van der Waals surface area contributed by atoms with Crippen molar-refractivity contribution in [3.63, 3.8) is 0 Å². The van der Waals surface area contributed by atoms with E-state index in [1.54, 1.807) is 18.6 Å². The Morgan fingerprint density at radius 3 is 2.57 bits per heavy atom. The summed E-state index contributed by atoms with van der Waals surface area (Å²) in [6, 6.07) is 8.96. The van der Waals surface area contributed by atoms with Crippen LogP contribution in [-0.4, -0.2) is 39.6 Å². The normalized spacial score (nSPS) is 18.3.